The molecule has 1 atom stereocenters. The van der Waals surface area contributed by atoms with Gasteiger partial charge < -0.3 is 10.1 Å². The second kappa shape index (κ2) is 3.53. The Hall–Kier alpha value is -1.02. The fourth-order valence-electron chi connectivity index (χ4n) is 2.75. The summed E-state index contributed by atoms with van der Waals surface area (Å²) >= 11 is 0. The molecule has 1 N–H and O–H groups in total. The zero-order valence-corrected chi connectivity index (χ0v) is 8.96. The third-order valence-corrected chi connectivity index (χ3v) is 3.56. The summed E-state index contributed by atoms with van der Waals surface area (Å²) in [5.41, 5.74) is 1.49. The molecule has 15 heavy (non-hydrogen) atoms. The fourth-order valence-corrected chi connectivity index (χ4v) is 2.75. The second-order valence-electron chi connectivity index (χ2n) is 4.67. The van der Waals surface area contributed by atoms with Gasteiger partial charge >= 0.3 is 0 Å². The van der Waals surface area contributed by atoms with Crippen LogP contribution in [-0.4, -0.2) is 18.7 Å². The number of hydrogen-bond donors (Lipinski definition) is 1. The first kappa shape index (κ1) is 9.22. The molecule has 1 spiro atoms. The van der Waals surface area contributed by atoms with E-state index in [9.17, 15) is 0 Å². The molecule has 80 valence electrons. The van der Waals surface area contributed by atoms with Crippen LogP contribution in [-0.2, 0) is 6.42 Å². The van der Waals surface area contributed by atoms with Gasteiger partial charge in [-0.05, 0) is 44.0 Å². The first-order valence-corrected chi connectivity index (χ1v) is 5.86. The molecule has 2 heterocycles. The summed E-state index contributed by atoms with van der Waals surface area (Å²) in [6.45, 7) is 2.23. The molecule has 1 aromatic rings. The summed E-state index contributed by atoms with van der Waals surface area (Å²) in [7, 11) is 0. The van der Waals surface area contributed by atoms with Gasteiger partial charge in [-0.15, -0.1) is 0 Å². The number of para-hydroxylation sites is 1. The summed E-state index contributed by atoms with van der Waals surface area (Å²) in [5, 5.41) is 3.45. The molecule has 1 unspecified atom stereocenters. The lowest BCUT2D eigenvalue weighted by atomic mass is 9.90. The zero-order chi connectivity index (χ0) is 10.1. The molecule has 0 bridgehead atoms. The normalized spacial score (nSPS) is 29.6. The van der Waals surface area contributed by atoms with Crippen LogP contribution in [0.3, 0.4) is 0 Å². The van der Waals surface area contributed by atoms with Crippen molar-refractivity contribution in [2.75, 3.05) is 13.1 Å². The van der Waals surface area contributed by atoms with Gasteiger partial charge in [0.05, 0.1) is 0 Å². The Morgan fingerprint density at radius 1 is 1.13 bits per heavy atom. The standard InChI is InChI=1S/C13H17NO/c1-2-5-12-11(4-1)10-13(15-12)6-3-8-14-9-7-13/h1-2,4-5,14H,3,6-10H2. The smallest absolute Gasteiger partial charge is 0.123 e. The molecule has 3 rings (SSSR count). The molecule has 0 aliphatic carbocycles. The van der Waals surface area contributed by atoms with Gasteiger partial charge in [-0.1, -0.05) is 18.2 Å². The molecule has 1 aromatic carbocycles. The van der Waals surface area contributed by atoms with E-state index >= 15 is 0 Å². The van der Waals surface area contributed by atoms with E-state index in [-0.39, 0.29) is 5.60 Å². The highest BCUT2D eigenvalue weighted by atomic mass is 16.5. The van der Waals surface area contributed by atoms with Gasteiger partial charge in [0.25, 0.3) is 0 Å². The lowest BCUT2D eigenvalue weighted by Crippen LogP contribution is -2.35. The second-order valence-corrected chi connectivity index (χ2v) is 4.67. The molecule has 0 radical (unpaired) electrons. The van der Waals surface area contributed by atoms with Gasteiger partial charge in [-0.2, -0.15) is 0 Å². The van der Waals surface area contributed by atoms with Crippen LogP contribution in [0.1, 0.15) is 24.8 Å². The maximum absolute atomic E-state index is 6.18. The number of hydrogen-bond acceptors (Lipinski definition) is 2. The Morgan fingerprint density at radius 2 is 2.07 bits per heavy atom. The van der Waals surface area contributed by atoms with Crippen molar-refractivity contribution in [1.82, 2.24) is 5.32 Å². The highest BCUT2D eigenvalue weighted by molar-refractivity contribution is 5.39. The molecule has 2 heteroatoms. The first-order valence-electron chi connectivity index (χ1n) is 5.86. The Labute approximate surface area is 90.6 Å². The van der Waals surface area contributed by atoms with Gasteiger partial charge in [0, 0.05) is 6.42 Å². The van der Waals surface area contributed by atoms with E-state index in [0.29, 0.717) is 0 Å². The Kier molecular flexibility index (Phi) is 2.17. The minimum absolute atomic E-state index is 0.104. The predicted molar refractivity (Wildman–Crippen MR) is 60.2 cm³/mol. The minimum Gasteiger partial charge on any atom is -0.487 e. The van der Waals surface area contributed by atoms with Crippen LogP contribution < -0.4 is 10.1 Å². The van der Waals surface area contributed by atoms with E-state index in [0.717, 1.165) is 31.7 Å². The van der Waals surface area contributed by atoms with Crippen molar-refractivity contribution < 1.29 is 4.74 Å². The molecule has 1 fully saturated rings. The monoisotopic (exact) mass is 203 g/mol. The van der Waals surface area contributed by atoms with E-state index in [4.69, 9.17) is 4.74 Å². The van der Waals surface area contributed by atoms with Crippen LogP contribution in [0.4, 0.5) is 0 Å². The first-order chi connectivity index (χ1) is 7.38. The lowest BCUT2D eigenvalue weighted by molar-refractivity contribution is 0.0809. The van der Waals surface area contributed by atoms with Gasteiger partial charge in [0.15, 0.2) is 0 Å². The molecule has 2 nitrogen and oxygen atoms in total. The number of ether oxygens (including phenoxy) is 1. The molecule has 0 saturated carbocycles. The summed E-state index contributed by atoms with van der Waals surface area (Å²) < 4.78 is 6.18. The van der Waals surface area contributed by atoms with Gasteiger partial charge in [-0.3, -0.25) is 0 Å². The quantitative estimate of drug-likeness (QED) is 0.697. The highest BCUT2D eigenvalue weighted by Crippen LogP contribution is 2.39. The average Bonchev–Trinajstić information content (AvgIpc) is 2.45. The van der Waals surface area contributed by atoms with Crippen LogP contribution in [0.2, 0.25) is 0 Å². The molecule has 2 aliphatic heterocycles. The van der Waals surface area contributed by atoms with Gasteiger partial charge in [-0.25, -0.2) is 0 Å². The Balaban J connectivity index is 1.86. The van der Waals surface area contributed by atoms with Crippen molar-refractivity contribution in [2.45, 2.75) is 31.3 Å². The summed E-state index contributed by atoms with van der Waals surface area (Å²) in [4.78, 5) is 0. The lowest BCUT2D eigenvalue weighted by Gasteiger charge is -2.26. The van der Waals surface area contributed by atoms with E-state index in [1.165, 1.54) is 18.4 Å². The van der Waals surface area contributed by atoms with Crippen molar-refractivity contribution >= 4 is 0 Å². The number of fused-ring (bicyclic) bond motifs is 1. The molecular formula is C13H17NO. The summed E-state index contributed by atoms with van der Waals surface area (Å²) in [6.07, 6.45) is 4.66. The molecular weight excluding hydrogens is 186 g/mol. The third kappa shape index (κ3) is 1.63. The maximum atomic E-state index is 6.18. The molecule has 1 saturated heterocycles. The third-order valence-electron chi connectivity index (χ3n) is 3.56. The van der Waals surface area contributed by atoms with Gasteiger partial charge in [0.1, 0.15) is 11.4 Å². The van der Waals surface area contributed by atoms with E-state index in [1.54, 1.807) is 0 Å². The van der Waals surface area contributed by atoms with Crippen molar-refractivity contribution in [3.05, 3.63) is 29.8 Å². The number of nitrogens with one attached hydrogen (secondary N) is 1. The van der Waals surface area contributed by atoms with Crippen molar-refractivity contribution in [3.63, 3.8) is 0 Å². The Morgan fingerprint density at radius 3 is 3.00 bits per heavy atom. The van der Waals surface area contributed by atoms with Crippen molar-refractivity contribution in [1.29, 1.82) is 0 Å². The molecule has 0 aromatic heterocycles. The van der Waals surface area contributed by atoms with E-state index in [1.807, 2.05) is 0 Å². The van der Waals surface area contributed by atoms with Crippen LogP contribution >= 0.6 is 0 Å². The topological polar surface area (TPSA) is 21.3 Å². The van der Waals surface area contributed by atoms with Crippen LogP contribution in [0, 0.1) is 0 Å². The SMILES string of the molecule is c1ccc2c(c1)CC1(CCCNCC1)O2. The highest BCUT2D eigenvalue weighted by Gasteiger charge is 2.38. The minimum atomic E-state index is 0.104. The number of benzene rings is 1. The molecule has 2 aliphatic rings. The Bertz CT molecular complexity index is 326. The number of rotatable bonds is 0. The average molecular weight is 203 g/mol. The summed E-state index contributed by atoms with van der Waals surface area (Å²) in [5.74, 6) is 1.11. The largest absolute Gasteiger partial charge is 0.487 e. The predicted octanol–water partition coefficient (Wildman–Crippen LogP) is 2.13. The molecule has 0 amide bonds. The zero-order valence-electron chi connectivity index (χ0n) is 8.96. The van der Waals surface area contributed by atoms with Crippen LogP contribution in [0.5, 0.6) is 5.75 Å². The fraction of sp³-hybridized carbons (Fsp3) is 0.538. The van der Waals surface area contributed by atoms with Gasteiger partial charge in [0.2, 0.25) is 0 Å². The van der Waals surface area contributed by atoms with Crippen molar-refractivity contribution in [2.24, 2.45) is 0 Å². The van der Waals surface area contributed by atoms with Crippen molar-refractivity contribution in [3.8, 4) is 5.75 Å². The van der Waals surface area contributed by atoms with E-state index in [2.05, 4.69) is 29.6 Å². The van der Waals surface area contributed by atoms with Crippen LogP contribution in [0.15, 0.2) is 24.3 Å². The summed E-state index contributed by atoms with van der Waals surface area (Å²) in [6, 6.07) is 8.47. The maximum Gasteiger partial charge on any atom is 0.123 e. The van der Waals surface area contributed by atoms with Crippen LogP contribution in [0.25, 0.3) is 0 Å². The van der Waals surface area contributed by atoms with E-state index < -0.39 is 0 Å².